The summed E-state index contributed by atoms with van der Waals surface area (Å²) in [6.07, 6.45) is 6.09. The third-order valence-corrected chi connectivity index (χ3v) is 1.16. The van der Waals surface area contributed by atoms with Gasteiger partial charge in [0.2, 0.25) is 0 Å². The van der Waals surface area contributed by atoms with Crippen LogP contribution in [0.5, 0.6) is 0 Å². The van der Waals surface area contributed by atoms with Crippen molar-refractivity contribution in [3.8, 4) is 0 Å². The van der Waals surface area contributed by atoms with Gasteiger partial charge in [-0.1, -0.05) is 6.92 Å². The van der Waals surface area contributed by atoms with Crippen molar-refractivity contribution < 1.29 is 4.74 Å². The van der Waals surface area contributed by atoms with E-state index in [1.165, 1.54) is 0 Å². The van der Waals surface area contributed by atoms with Gasteiger partial charge in [0.15, 0.2) is 12.4 Å². The normalized spacial score (nSPS) is 27.6. The van der Waals surface area contributed by atoms with Crippen LogP contribution in [0.25, 0.3) is 0 Å². The number of hydrogen-bond donors (Lipinski definition) is 0. The first-order valence-corrected chi connectivity index (χ1v) is 2.76. The highest BCUT2D eigenvalue weighted by Crippen LogP contribution is 2.03. The average molecular weight is 111 g/mol. The van der Waals surface area contributed by atoms with Gasteiger partial charge in [-0.3, -0.25) is 0 Å². The highest BCUT2D eigenvalue weighted by Gasteiger charge is 2.03. The molecule has 0 radical (unpaired) electrons. The fraction of sp³-hybridized carbons (Fsp3) is 0.500. The minimum atomic E-state index is 0.414. The van der Waals surface area contributed by atoms with Crippen LogP contribution in [0.3, 0.4) is 0 Å². The van der Waals surface area contributed by atoms with E-state index in [4.69, 9.17) is 0 Å². The lowest BCUT2D eigenvalue weighted by Crippen LogP contribution is -2.08. The lowest BCUT2D eigenvalue weighted by Gasteiger charge is -2.05. The molecule has 1 atom stereocenters. The highest BCUT2D eigenvalue weighted by molar-refractivity contribution is 5.56. The zero-order valence-corrected chi connectivity index (χ0v) is 4.87. The van der Waals surface area contributed by atoms with Crippen molar-refractivity contribution in [2.75, 3.05) is 0 Å². The molecule has 1 heterocycles. The van der Waals surface area contributed by atoms with Crippen molar-refractivity contribution in [3.05, 3.63) is 17.5 Å². The SMILES string of the molecule is C[C@H]1C=[N+]([O-])C=CC1. The first-order chi connectivity index (χ1) is 3.79. The highest BCUT2D eigenvalue weighted by atomic mass is 16.5. The monoisotopic (exact) mass is 111 g/mol. The van der Waals surface area contributed by atoms with Crippen molar-refractivity contribution in [2.24, 2.45) is 5.92 Å². The van der Waals surface area contributed by atoms with E-state index in [9.17, 15) is 5.21 Å². The van der Waals surface area contributed by atoms with Gasteiger partial charge in [0.25, 0.3) is 0 Å². The van der Waals surface area contributed by atoms with Gasteiger partial charge in [0.1, 0.15) is 0 Å². The van der Waals surface area contributed by atoms with Crippen LogP contribution < -0.4 is 0 Å². The van der Waals surface area contributed by atoms with Crippen molar-refractivity contribution in [3.63, 3.8) is 0 Å². The summed E-state index contributed by atoms with van der Waals surface area (Å²) in [5, 5.41) is 10.4. The largest absolute Gasteiger partial charge is 0.619 e. The van der Waals surface area contributed by atoms with Gasteiger partial charge in [-0.05, 0) is 12.5 Å². The van der Waals surface area contributed by atoms with Crippen molar-refractivity contribution in [2.45, 2.75) is 13.3 Å². The van der Waals surface area contributed by atoms with E-state index < -0.39 is 0 Å². The van der Waals surface area contributed by atoms with Crippen molar-refractivity contribution >= 4 is 6.21 Å². The lowest BCUT2D eigenvalue weighted by atomic mass is 10.1. The zero-order valence-electron chi connectivity index (χ0n) is 4.87. The Labute approximate surface area is 48.7 Å². The molecule has 0 unspecified atom stereocenters. The Morgan fingerprint density at radius 1 is 1.75 bits per heavy atom. The molecular weight excluding hydrogens is 102 g/mol. The van der Waals surface area contributed by atoms with Crippen LogP contribution in [-0.4, -0.2) is 11.0 Å². The van der Waals surface area contributed by atoms with Crippen LogP contribution in [0.1, 0.15) is 13.3 Å². The molecule has 44 valence electrons. The van der Waals surface area contributed by atoms with Gasteiger partial charge in [-0.15, -0.1) is 0 Å². The lowest BCUT2D eigenvalue weighted by molar-refractivity contribution is -0.378. The summed E-state index contributed by atoms with van der Waals surface area (Å²) >= 11 is 0. The molecule has 0 saturated heterocycles. The predicted molar refractivity (Wildman–Crippen MR) is 32.6 cm³/mol. The molecule has 2 nitrogen and oxygen atoms in total. The third kappa shape index (κ3) is 1.09. The molecule has 0 amide bonds. The minimum absolute atomic E-state index is 0.414. The van der Waals surface area contributed by atoms with Crippen molar-refractivity contribution in [1.82, 2.24) is 0 Å². The fourth-order valence-electron chi connectivity index (χ4n) is 0.741. The second-order valence-electron chi connectivity index (χ2n) is 2.11. The molecule has 0 aromatic carbocycles. The van der Waals surface area contributed by atoms with Crippen LogP contribution in [0.2, 0.25) is 0 Å². The third-order valence-electron chi connectivity index (χ3n) is 1.16. The maximum Gasteiger partial charge on any atom is 0.176 e. The number of nitrogens with zero attached hydrogens (tertiary/aromatic N) is 1. The second-order valence-corrected chi connectivity index (χ2v) is 2.11. The summed E-state index contributed by atoms with van der Waals surface area (Å²) in [6.45, 7) is 2.02. The zero-order chi connectivity index (χ0) is 5.98. The summed E-state index contributed by atoms with van der Waals surface area (Å²) in [4.78, 5) is 0. The van der Waals surface area contributed by atoms with Crippen LogP contribution >= 0.6 is 0 Å². The van der Waals surface area contributed by atoms with Crippen LogP contribution in [-0.2, 0) is 0 Å². The summed E-state index contributed by atoms with van der Waals surface area (Å²) in [7, 11) is 0. The number of allylic oxidation sites excluding steroid dienone is 1. The van der Waals surface area contributed by atoms with E-state index in [1.807, 2.05) is 13.0 Å². The quantitative estimate of drug-likeness (QED) is 0.340. The molecule has 0 N–H and O–H groups in total. The minimum Gasteiger partial charge on any atom is -0.619 e. The van der Waals surface area contributed by atoms with Crippen LogP contribution in [0.4, 0.5) is 0 Å². The van der Waals surface area contributed by atoms with Gasteiger partial charge >= 0.3 is 0 Å². The van der Waals surface area contributed by atoms with Crippen molar-refractivity contribution in [1.29, 1.82) is 0 Å². The van der Waals surface area contributed by atoms with E-state index in [-0.39, 0.29) is 0 Å². The van der Waals surface area contributed by atoms with E-state index in [0.717, 1.165) is 11.2 Å². The second kappa shape index (κ2) is 1.99. The number of hydroxylamine groups is 1. The molecule has 1 aliphatic rings. The molecule has 0 aliphatic carbocycles. The van der Waals surface area contributed by atoms with Gasteiger partial charge in [0, 0.05) is 5.92 Å². The molecule has 0 bridgehead atoms. The maximum absolute atomic E-state index is 10.4. The fourth-order valence-corrected chi connectivity index (χ4v) is 0.741. The smallest absolute Gasteiger partial charge is 0.176 e. The van der Waals surface area contributed by atoms with Gasteiger partial charge in [0.05, 0.1) is 0 Å². The van der Waals surface area contributed by atoms with Crippen LogP contribution in [0, 0.1) is 11.1 Å². The average Bonchev–Trinajstić information content (AvgIpc) is 1.64. The van der Waals surface area contributed by atoms with Gasteiger partial charge < -0.3 is 5.21 Å². The van der Waals surface area contributed by atoms with Gasteiger partial charge in [-0.2, -0.15) is 4.74 Å². The first kappa shape index (κ1) is 5.35. The molecule has 0 aromatic rings. The van der Waals surface area contributed by atoms with E-state index in [2.05, 4.69) is 0 Å². The van der Waals surface area contributed by atoms with E-state index in [0.29, 0.717) is 5.92 Å². The molecule has 0 spiro atoms. The number of rotatable bonds is 0. The molecule has 2 heteroatoms. The van der Waals surface area contributed by atoms with Gasteiger partial charge in [-0.25, -0.2) is 0 Å². The topological polar surface area (TPSA) is 26.1 Å². The van der Waals surface area contributed by atoms with Crippen LogP contribution in [0.15, 0.2) is 12.3 Å². The molecule has 0 saturated carbocycles. The molecular formula is C6H9NO. The Hall–Kier alpha value is -0.790. The summed E-state index contributed by atoms with van der Waals surface area (Å²) in [5.74, 6) is 0.414. The molecule has 8 heavy (non-hydrogen) atoms. The predicted octanol–water partition coefficient (Wildman–Crippen LogP) is 1.12. The maximum atomic E-state index is 10.4. The standard InChI is InChI=1S/C6H9NO/c1-6-3-2-4-7(8)5-6/h2,4-6H,3H2,1H3/t6-/m1/s1. The molecule has 1 rings (SSSR count). The molecule has 0 aromatic heterocycles. The van der Waals surface area contributed by atoms with E-state index in [1.54, 1.807) is 12.4 Å². The summed E-state index contributed by atoms with van der Waals surface area (Å²) < 4.78 is 0.855. The number of hydrogen-bond acceptors (Lipinski definition) is 1. The molecule has 0 fully saturated rings. The Morgan fingerprint density at radius 3 is 2.88 bits per heavy atom. The Morgan fingerprint density at radius 2 is 2.50 bits per heavy atom. The Bertz CT molecular complexity index is 137. The summed E-state index contributed by atoms with van der Waals surface area (Å²) in [6, 6.07) is 0. The molecule has 1 aliphatic heterocycles. The van der Waals surface area contributed by atoms with E-state index >= 15 is 0 Å². The Kier molecular flexibility index (Phi) is 1.33. The Balaban J connectivity index is 2.63. The first-order valence-electron chi connectivity index (χ1n) is 2.76. The summed E-state index contributed by atoms with van der Waals surface area (Å²) in [5.41, 5.74) is 0.